The van der Waals surface area contributed by atoms with E-state index < -0.39 is 0 Å². The lowest BCUT2D eigenvalue weighted by atomic mass is 10.3. The fourth-order valence-electron chi connectivity index (χ4n) is 1.19. The molecule has 0 heterocycles. The second-order valence-electron chi connectivity index (χ2n) is 3.20. The minimum atomic E-state index is -0.258. The highest BCUT2D eigenvalue weighted by Gasteiger charge is 2.05. The molecule has 0 aliphatic heterocycles. The number of benzene rings is 1. The number of nitrogens with zero attached hydrogens (tertiary/aromatic N) is 1. The van der Waals surface area contributed by atoms with Crippen molar-refractivity contribution in [3.05, 3.63) is 24.3 Å². The molecule has 0 radical (unpaired) electrons. The Morgan fingerprint density at radius 1 is 1.41 bits per heavy atom. The van der Waals surface area contributed by atoms with Gasteiger partial charge in [-0.05, 0) is 12.1 Å². The summed E-state index contributed by atoms with van der Waals surface area (Å²) in [5.74, 6) is 0.842. The minimum Gasteiger partial charge on any atom is -0.493 e. The monoisotopic (exact) mass is 234 g/mol. The van der Waals surface area contributed by atoms with Crippen LogP contribution in [0.15, 0.2) is 24.3 Å². The summed E-state index contributed by atoms with van der Waals surface area (Å²) in [6.07, 6.45) is 0.292. The Morgan fingerprint density at radius 3 is 2.76 bits per heavy atom. The van der Waals surface area contributed by atoms with Crippen LogP contribution in [0, 0.1) is 11.3 Å². The number of para-hydroxylation sites is 2. The van der Waals surface area contributed by atoms with E-state index >= 15 is 0 Å². The first-order valence-electron chi connectivity index (χ1n) is 5.17. The van der Waals surface area contributed by atoms with E-state index in [9.17, 15) is 4.79 Å². The van der Waals surface area contributed by atoms with Crippen LogP contribution in [0.2, 0.25) is 0 Å². The largest absolute Gasteiger partial charge is 0.493 e. The van der Waals surface area contributed by atoms with Crippen molar-refractivity contribution < 1.29 is 14.3 Å². The number of ether oxygens (including phenoxy) is 2. The zero-order chi connectivity index (χ0) is 12.5. The van der Waals surface area contributed by atoms with Gasteiger partial charge in [-0.1, -0.05) is 12.1 Å². The maximum absolute atomic E-state index is 11.3. The molecule has 0 bridgehead atoms. The molecule has 90 valence electrons. The molecule has 0 saturated heterocycles. The van der Waals surface area contributed by atoms with E-state index in [1.54, 1.807) is 18.2 Å². The zero-order valence-electron chi connectivity index (χ0n) is 9.60. The van der Waals surface area contributed by atoms with Crippen LogP contribution in [0.1, 0.15) is 6.42 Å². The number of carbonyl (C=O) groups excluding carboxylic acids is 1. The SMILES string of the molecule is COc1ccccc1OCC(=O)NCCC#N. The van der Waals surface area contributed by atoms with Crippen molar-refractivity contribution in [3.63, 3.8) is 0 Å². The highest BCUT2D eigenvalue weighted by atomic mass is 16.5. The molecule has 1 aromatic rings. The van der Waals surface area contributed by atoms with Crippen molar-refractivity contribution >= 4 is 5.91 Å². The molecule has 1 rings (SSSR count). The van der Waals surface area contributed by atoms with Crippen LogP contribution in [-0.4, -0.2) is 26.2 Å². The van der Waals surface area contributed by atoms with Gasteiger partial charge in [0.1, 0.15) is 0 Å². The number of hydrogen-bond donors (Lipinski definition) is 1. The van der Waals surface area contributed by atoms with Gasteiger partial charge in [-0.2, -0.15) is 5.26 Å². The molecule has 0 aliphatic carbocycles. The number of rotatable bonds is 6. The number of nitriles is 1. The normalized spacial score (nSPS) is 9.18. The molecule has 1 amide bonds. The van der Waals surface area contributed by atoms with E-state index in [1.165, 1.54) is 7.11 Å². The van der Waals surface area contributed by atoms with Crippen LogP contribution >= 0.6 is 0 Å². The summed E-state index contributed by atoms with van der Waals surface area (Å²) in [7, 11) is 1.54. The first kappa shape index (κ1) is 12.8. The molecule has 0 saturated carbocycles. The molecular formula is C12H14N2O3. The predicted molar refractivity (Wildman–Crippen MR) is 61.7 cm³/mol. The van der Waals surface area contributed by atoms with Crippen LogP contribution in [0.4, 0.5) is 0 Å². The van der Waals surface area contributed by atoms with Gasteiger partial charge in [0.2, 0.25) is 0 Å². The summed E-state index contributed by atoms with van der Waals surface area (Å²) in [6.45, 7) is 0.246. The van der Waals surface area contributed by atoms with E-state index in [4.69, 9.17) is 14.7 Å². The molecule has 5 nitrogen and oxygen atoms in total. The van der Waals surface area contributed by atoms with Crippen LogP contribution < -0.4 is 14.8 Å². The van der Waals surface area contributed by atoms with Crippen molar-refractivity contribution in [3.8, 4) is 17.6 Å². The lowest BCUT2D eigenvalue weighted by Gasteiger charge is -2.09. The average Bonchev–Trinajstić information content (AvgIpc) is 2.37. The summed E-state index contributed by atoms with van der Waals surface area (Å²) in [4.78, 5) is 11.3. The highest BCUT2D eigenvalue weighted by Crippen LogP contribution is 2.25. The molecular weight excluding hydrogens is 220 g/mol. The fourth-order valence-corrected chi connectivity index (χ4v) is 1.19. The van der Waals surface area contributed by atoms with Crippen LogP contribution in [0.25, 0.3) is 0 Å². The average molecular weight is 234 g/mol. The zero-order valence-corrected chi connectivity index (χ0v) is 9.60. The van der Waals surface area contributed by atoms with Gasteiger partial charge >= 0.3 is 0 Å². The van der Waals surface area contributed by atoms with Crippen LogP contribution in [-0.2, 0) is 4.79 Å². The van der Waals surface area contributed by atoms with Crippen LogP contribution in [0.5, 0.6) is 11.5 Å². The van der Waals surface area contributed by atoms with Crippen molar-refractivity contribution in [1.29, 1.82) is 5.26 Å². The molecule has 0 unspecified atom stereocenters. The highest BCUT2D eigenvalue weighted by molar-refractivity contribution is 5.77. The van der Waals surface area contributed by atoms with Gasteiger partial charge in [-0.25, -0.2) is 0 Å². The van der Waals surface area contributed by atoms with Crippen molar-refractivity contribution in [2.45, 2.75) is 6.42 Å². The molecule has 0 spiro atoms. The lowest BCUT2D eigenvalue weighted by molar-refractivity contribution is -0.123. The van der Waals surface area contributed by atoms with Crippen LogP contribution in [0.3, 0.4) is 0 Å². The van der Waals surface area contributed by atoms with E-state index in [2.05, 4.69) is 5.32 Å². The molecule has 0 fully saturated rings. The summed E-state index contributed by atoms with van der Waals surface area (Å²) >= 11 is 0. The number of amides is 1. The molecule has 17 heavy (non-hydrogen) atoms. The predicted octanol–water partition coefficient (Wildman–Crippen LogP) is 1.10. The second-order valence-corrected chi connectivity index (χ2v) is 3.20. The molecule has 0 atom stereocenters. The van der Waals surface area contributed by atoms with Gasteiger partial charge in [0, 0.05) is 6.54 Å². The Hall–Kier alpha value is -2.22. The van der Waals surface area contributed by atoms with E-state index in [0.29, 0.717) is 24.5 Å². The van der Waals surface area contributed by atoms with E-state index in [1.807, 2.05) is 12.1 Å². The maximum Gasteiger partial charge on any atom is 0.257 e. The number of carbonyl (C=O) groups is 1. The number of methoxy groups -OCH3 is 1. The molecule has 0 aromatic heterocycles. The Kier molecular flexibility index (Phi) is 5.38. The van der Waals surface area contributed by atoms with Crippen molar-refractivity contribution in [1.82, 2.24) is 5.32 Å². The van der Waals surface area contributed by atoms with Crippen molar-refractivity contribution in [2.24, 2.45) is 0 Å². The summed E-state index contributed by atoms with van der Waals surface area (Å²) in [5.41, 5.74) is 0. The third-order valence-electron chi connectivity index (χ3n) is 1.99. The molecule has 0 aliphatic rings. The van der Waals surface area contributed by atoms with Gasteiger partial charge in [0.25, 0.3) is 5.91 Å². The lowest BCUT2D eigenvalue weighted by Crippen LogP contribution is -2.29. The Bertz CT molecular complexity index is 412. The summed E-state index contributed by atoms with van der Waals surface area (Å²) in [6, 6.07) is 9.03. The topological polar surface area (TPSA) is 71.3 Å². The standard InChI is InChI=1S/C12H14N2O3/c1-16-10-5-2-3-6-11(10)17-9-12(15)14-8-4-7-13/h2-3,5-6H,4,8-9H2,1H3,(H,14,15). The molecule has 1 aromatic carbocycles. The van der Waals surface area contributed by atoms with Gasteiger partial charge in [0.15, 0.2) is 18.1 Å². The van der Waals surface area contributed by atoms with Crippen molar-refractivity contribution in [2.75, 3.05) is 20.3 Å². The smallest absolute Gasteiger partial charge is 0.257 e. The van der Waals surface area contributed by atoms with Gasteiger partial charge < -0.3 is 14.8 Å². The second kappa shape index (κ2) is 7.12. The third kappa shape index (κ3) is 4.43. The van der Waals surface area contributed by atoms with Gasteiger partial charge in [-0.15, -0.1) is 0 Å². The molecule has 1 N–H and O–H groups in total. The van der Waals surface area contributed by atoms with E-state index in [-0.39, 0.29) is 12.5 Å². The van der Waals surface area contributed by atoms with Gasteiger partial charge in [-0.3, -0.25) is 4.79 Å². The quantitative estimate of drug-likeness (QED) is 0.748. The minimum absolute atomic E-state index is 0.0915. The molecule has 5 heteroatoms. The first-order chi connectivity index (χ1) is 8.27. The summed E-state index contributed by atoms with van der Waals surface area (Å²) in [5, 5.41) is 10.9. The Balaban J connectivity index is 2.39. The number of hydrogen-bond acceptors (Lipinski definition) is 4. The summed E-state index contributed by atoms with van der Waals surface area (Å²) < 4.78 is 10.4. The maximum atomic E-state index is 11.3. The fraction of sp³-hybridized carbons (Fsp3) is 0.333. The Morgan fingerprint density at radius 2 is 2.12 bits per heavy atom. The van der Waals surface area contributed by atoms with Gasteiger partial charge in [0.05, 0.1) is 19.6 Å². The number of nitrogens with one attached hydrogen (secondary N) is 1. The van der Waals surface area contributed by atoms with E-state index in [0.717, 1.165) is 0 Å². The first-order valence-corrected chi connectivity index (χ1v) is 5.17. The third-order valence-corrected chi connectivity index (χ3v) is 1.99. The Labute approximate surface area is 100.0 Å².